The van der Waals surface area contributed by atoms with Crippen LogP contribution in [0, 0.1) is 17.8 Å². The summed E-state index contributed by atoms with van der Waals surface area (Å²) >= 11 is 0. The van der Waals surface area contributed by atoms with Gasteiger partial charge in [0.1, 0.15) is 12.2 Å². The molecule has 2 rings (SSSR count). The predicted octanol–water partition coefficient (Wildman–Crippen LogP) is 6.74. The molecule has 0 radical (unpaired) electrons. The van der Waals surface area contributed by atoms with Crippen molar-refractivity contribution in [3.8, 4) is 0 Å². The highest BCUT2D eigenvalue weighted by Gasteiger charge is 2.61. The molecule has 35 heavy (non-hydrogen) atoms. The Bertz CT molecular complexity index is 568. The summed E-state index contributed by atoms with van der Waals surface area (Å²) in [5, 5.41) is 22.7. The molecular weight excluding hydrogens is 472 g/mol. The first kappa shape index (κ1) is 31.5. The lowest BCUT2D eigenvalue weighted by Crippen LogP contribution is -2.52. The third kappa shape index (κ3) is 5.81. The largest absolute Gasteiger partial charge is 0.413 e. The summed E-state index contributed by atoms with van der Waals surface area (Å²) in [6.45, 7) is 30.3. The average molecular weight is 531 g/mol. The predicted molar refractivity (Wildman–Crippen MR) is 151 cm³/mol. The van der Waals surface area contributed by atoms with Gasteiger partial charge in [0, 0.05) is 0 Å². The number of hydrogen-bond donors (Lipinski definition) is 2. The van der Waals surface area contributed by atoms with Crippen molar-refractivity contribution in [3.63, 3.8) is 0 Å². The zero-order chi connectivity index (χ0) is 27.0. The van der Waals surface area contributed by atoms with Crippen molar-refractivity contribution < 1.29 is 23.8 Å². The molecule has 1 aliphatic heterocycles. The van der Waals surface area contributed by atoms with E-state index < -0.39 is 41.1 Å². The zero-order valence-corrected chi connectivity index (χ0v) is 27.0. The maximum atomic E-state index is 11.3. The van der Waals surface area contributed by atoms with Crippen LogP contribution in [0.1, 0.15) is 90.0 Å². The Morgan fingerprint density at radius 2 is 0.829 bits per heavy atom. The Hall–Kier alpha value is 0.234. The molecule has 0 aromatic carbocycles. The summed E-state index contributed by atoms with van der Waals surface area (Å²) in [5.74, 6) is 0.428. The second kappa shape index (κ2) is 12.0. The molecule has 2 aliphatic rings. The van der Waals surface area contributed by atoms with E-state index in [0.29, 0.717) is 52.4 Å². The lowest BCUT2D eigenvalue weighted by molar-refractivity contribution is -0.133. The van der Waals surface area contributed by atoms with E-state index >= 15 is 0 Å². The van der Waals surface area contributed by atoms with Crippen LogP contribution in [0.4, 0.5) is 0 Å². The van der Waals surface area contributed by atoms with Gasteiger partial charge in [-0.2, -0.15) is 0 Å². The van der Waals surface area contributed by atoms with Gasteiger partial charge in [-0.1, -0.05) is 90.0 Å². The summed E-state index contributed by atoms with van der Waals surface area (Å²) in [6.07, 6.45) is -2.10. The summed E-state index contributed by atoms with van der Waals surface area (Å²) in [7, 11) is -4.19. The third-order valence-corrected chi connectivity index (χ3v) is 22.0. The summed E-state index contributed by atoms with van der Waals surface area (Å²) in [6, 6.07) is 0. The van der Waals surface area contributed by atoms with Crippen LogP contribution in [0.3, 0.4) is 0 Å². The number of aliphatic hydroxyl groups excluding tert-OH is 2. The first-order chi connectivity index (χ1) is 16.1. The van der Waals surface area contributed by atoms with Gasteiger partial charge in [-0.15, -0.1) is 0 Å². The lowest BCUT2D eigenvalue weighted by Gasteiger charge is -2.44. The van der Waals surface area contributed by atoms with Crippen molar-refractivity contribution in [2.45, 2.75) is 148 Å². The van der Waals surface area contributed by atoms with Crippen LogP contribution >= 0.6 is 0 Å². The van der Waals surface area contributed by atoms with Crippen molar-refractivity contribution >= 4 is 16.6 Å². The highest BCUT2D eigenvalue weighted by molar-refractivity contribution is 6.78. The number of hydrogen-bond acceptors (Lipinski definition) is 5. The fourth-order valence-corrected chi connectivity index (χ4v) is 19.1. The van der Waals surface area contributed by atoms with E-state index in [4.69, 9.17) is 13.6 Å². The molecule has 2 N–H and O–H groups in total. The van der Waals surface area contributed by atoms with Gasteiger partial charge in [-0.3, -0.25) is 0 Å². The smallest absolute Gasteiger partial charge is 0.200 e. The Balaban J connectivity index is 2.28. The molecule has 5 nitrogen and oxygen atoms in total. The van der Waals surface area contributed by atoms with E-state index in [2.05, 4.69) is 90.0 Å². The summed E-state index contributed by atoms with van der Waals surface area (Å²) in [4.78, 5) is 0. The van der Waals surface area contributed by atoms with Crippen LogP contribution in [0.15, 0.2) is 0 Å². The molecule has 7 heteroatoms. The Labute approximate surface area is 219 Å². The van der Waals surface area contributed by atoms with Crippen molar-refractivity contribution in [2.24, 2.45) is 17.8 Å². The first-order valence-electron chi connectivity index (χ1n) is 14.4. The van der Waals surface area contributed by atoms with E-state index in [1.54, 1.807) is 0 Å². The van der Waals surface area contributed by atoms with Crippen LogP contribution in [-0.2, 0) is 13.6 Å². The van der Waals surface area contributed by atoms with Crippen LogP contribution < -0.4 is 0 Å². The van der Waals surface area contributed by atoms with Gasteiger partial charge < -0.3 is 23.8 Å². The molecule has 0 bridgehead atoms. The van der Waals surface area contributed by atoms with E-state index in [-0.39, 0.29) is 11.8 Å². The molecule has 208 valence electrons. The van der Waals surface area contributed by atoms with Crippen molar-refractivity contribution in [3.05, 3.63) is 0 Å². The summed E-state index contributed by atoms with van der Waals surface area (Å²) < 4.78 is 20.3. The molecule has 1 saturated carbocycles. The average Bonchev–Trinajstić information content (AvgIpc) is 3.41. The number of ether oxygens (including phenoxy) is 1. The number of fused-ring (bicyclic) bond motifs is 1. The second-order valence-corrected chi connectivity index (χ2v) is 24.4. The van der Waals surface area contributed by atoms with E-state index in [1.165, 1.54) is 0 Å². The monoisotopic (exact) mass is 530 g/mol. The molecule has 1 aliphatic carbocycles. The van der Waals surface area contributed by atoms with Crippen LogP contribution in [-0.4, -0.2) is 64.5 Å². The Morgan fingerprint density at radius 1 is 0.571 bits per heavy atom. The van der Waals surface area contributed by atoms with Gasteiger partial charge in [0.2, 0.25) is 0 Å². The zero-order valence-electron chi connectivity index (χ0n) is 25.0. The van der Waals surface area contributed by atoms with Crippen LogP contribution in [0.25, 0.3) is 0 Å². The minimum absolute atomic E-state index is 0.0686. The molecule has 1 heterocycles. The van der Waals surface area contributed by atoms with Crippen LogP contribution in [0.2, 0.25) is 33.2 Å². The normalized spacial score (nSPS) is 32.3. The highest BCUT2D eigenvalue weighted by Crippen LogP contribution is 2.54. The summed E-state index contributed by atoms with van der Waals surface area (Å²) in [5.41, 5.74) is 2.82. The number of rotatable bonds is 12. The fraction of sp³-hybridized carbons (Fsp3) is 1.00. The molecule has 0 aromatic rings. The third-order valence-electron chi connectivity index (χ3n) is 9.83. The maximum Gasteiger partial charge on any atom is 0.200 e. The van der Waals surface area contributed by atoms with Crippen molar-refractivity contribution in [1.29, 1.82) is 0 Å². The first-order valence-corrected chi connectivity index (χ1v) is 18.6. The van der Waals surface area contributed by atoms with Crippen molar-refractivity contribution in [2.75, 3.05) is 13.2 Å². The van der Waals surface area contributed by atoms with Gasteiger partial charge in [-0.05, 0) is 51.0 Å². The quantitative estimate of drug-likeness (QED) is 0.273. The number of aliphatic hydroxyl groups is 2. The standard InChI is InChI=1S/C28H58O5Si2/c1-16(2)34(17(3)4,18(5)6)31-14-23-27(29)25-22(13)26(25)28(30)24(33-23)15-32-35(19(7)8,20(9)10)21(11)12/h16-30H,14-15H2,1-13H3/t22?,23-,24+,25?,26?,27-,28+. The molecule has 0 spiro atoms. The van der Waals surface area contributed by atoms with Gasteiger partial charge in [0.25, 0.3) is 0 Å². The van der Waals surface area contributed by atoms with Crippen molar-refractivity contribution in [1.82, 2.24) is 0 Å². The SMILES string of the molecule is CC1C2C1[C@H](O)[C@@H](CO[Si](C(C)C)(C(C)C)C(C)C)O[C@@H](CO[Si](C(C)C)(C(C)C)C(C)C)[C@@H]2O. The Morgan fingerprint density at radius 3 is 1.06 bits per heavy atom. The molecule has 1 saturated heterocycles. The molecule has 7 atom stereocenters. The minimum atomic E-state index is -2.09. The Kier molecular flexibility index (Phi) is 10.7. The molecule has 0 amide bonds. The second-order valence-electron chi connectivity index (χ2n) is 13.5. The van der Waals surface area contributed by atoms with E-state index in [1.807, 2.05) is 0 Å². The molecular formula is C28H58O5Si2. The van der Waals surface area contributed by atoms with Gasteiger partial charge in [0.05, 0.1) is 25.4 Å². The molecule has 0 aromatic heterocycles. The van der Waals surface area contributed by atoms with E-state index in [9.17, 15) is 10.2 Å². The lowest BCUT2D eigenvalue weighted by atomic mass is 10.1. The van der Waals surface area contributed by atoms with Gasteiger partial charge in [0.15, 0.2) is 16.6 Å². The highest BCUT2D eigenvalue weighted by atomic mass is 28.4. The fourth-order valence-electron chi connectivity index (χ4n) is 8.21. The minimum Gasteiger partial charge on any atom is -0.413 e. The van der Waals surface area contributed by atoms with Gasteiger partial charge >= 0.3 is 0 Å². The topological polar surface area (TPSA) is 68.2 Å². The van der Waals surface area contributed by atoms with E-state index in [0.717, 1.165) is 0 Å². The molecule has 2 fully saturated rings. The van der Waals surface area contributed by atoms with Gasteiger partial charge in [-0.25, -0.2) is 0 Å². The maximum absolute atomic E-state index is 11.3. The molecule has 3 unspecified atom stereocenters. The van der Waals surface area contributed by atoms with Crippen LogP contribution in [0.5, 0.6) is 0 Å².